The van der Waals surface area contributed by atoms with Gasteiger partial charge in [0.1, 0.15) is 6.10 Å². The van der Waals surface area contributed by atoms with Gasteiger partial charge in [-0.15, -0.1) is 0 Å². The molecule has 0 aromatic heterocycles. The average molecular weight is 162 g/mol. The molecule has 1 atom stereocenters. The van der Waals surface area contributed by atoms with E-state index in [1.165, 1.54) is 5.56 Å². The Morgan fingerprint density at radius 2 is 1.92 bits per heavy atom. The Morgan fingerprint density at radius 3 is 2.42 bits per heavy atom. The lowest BCUT2D eigenvalue weighted by Gasteiger charge is -2.10. The highest BCUT2D eigenvalue weighted by Crippen LogP contribution is 2.16. The Hall–Kier alpha value is -1.08. The molecule has 1 aromatic rings. The monoisotopic (exact) mass is 162 g/mol. The van der Waals surface area contributed by atoms with Crippen molar-refractivity contribution in [3.8, 4) is 0 Å². The molecule has 0 aliphatic rings. The first-order valence-electron chi connectivity index (χ1n) is 4.09. The van der Waals surface area contributed by atoms with Gasteiger partial charge in [-0.3, -0.25) is 0 Å². The first-order chi connectivity index (χ1) is 5.88. The standard InChI is InChI=1S/C11H14O/c1-3-7-11(12-2)10-8-5-4-6-9-10/h3-9,11H,1-2H3/b7-3+/t11-/m0/s1. The Morgan fingerprint density at radius 1 is 1.25 bits per heavy atom. The van der Waals surface area contributed by atoms with E-state index >= 15 is 0 Å². The Labute approximate surface area is 73.7 Å². The van der Waals surface area contributed by atoms with Crippen LogP contribution in [0.25, 0.3) is 0 Å². The summed E-state index contributed by atoms with van der Waals surface area (Å²) in [5, 5.41) is 0. The highest BCUT2D eigenvalue weighted by atomic mass is 16.5. The lowest BCUT2D eigenvalue weighted by molar-refractivity contribution is 0.142. The van der Waals surface area contributed by atoms with Crippen molar-refractivity contribution in [1.29, 1.82) is 0 Å². The van der Waals surface area contributed by atoms with Gasteiger partial charge in [-0.25, -0.2) is 0 Å². The molecule has 0 spiro atoms. The van der Waals surface area contributed by atoms with E-state index in [-0.39, 0.29) is 6.10 Å². The molecule has 0 aliphatic heterocycles. The van der Waals surface area contributed by atoms with Crippen LogP contribution in [0.15, 0.2) is 42.5 Å². The van der Waals surface area contributed by atoms with E-state index in [0.717, 1.165) is 0 Å². The maximum atomic E-state index is 5.29. The van der Waals surface area contributed by atoms with Gasteiger partial charge in [0.05, 0.1) is 0 Å². The fraction of sp³-hybridized carbons (Fsp3) is 0.273. The molecule has 1 heteroatoms. The second-order valence-corrected chi connectivity index (χ2v) is 2.59. The van der Waals surface area contributed by atoms with Crippen LogP contribution in [-0.2, 0) is 4.74 Å². The summed E-state index contributed by atoms with van der Waals surface area (Å²) in [5.41, 5.74) is 1.19. The highest BCUT2D eigenvalue weighted by Gasteiger charge is 2.03. The largest absolute Gasteiger partial charge is 0.373 e. The molecule has 0 unspecified atom stereocenters. The van der Waals surface area contributed by atoms with E-state index in [1.54, 1.807) is 7.11 Å². The van der Waals surface area contributed by atoms with Crippen LogP contribution in [0.4, 0.5) is 0 Å². The summed E-state index contributed by atoms with van der Waals surface area (Å²) < 4.78 is 5.29. The van der Waals surface area contributed by atoms with Crippen molar-refractivity contribution in [2.75, 3.05) is 7.11 Å². The van der Waals surface area contributed by atoms with E-state index in [9.17, 15) is 0 Å². The minimum absolute atomic E-state index is 0.0937. The Balaban J connectivity index is 2.80. The number of benzene rings is 1. The number of methoxy groups -OCH3 is 1. The van der Waals surface area contributed by atoms with Gasteiger partial charge in [-0.05, 0) is 12.5 Å². The predicted molar refractivity (Wildman–Crippen MR) is 51.0 cm³/mol. The van der Waals surface area contributed by atoms with Crippen LogP contribution in [0.1, 0.15) is 18.6 Å². The number of hydrogen-bond acceptors (Lipinski definition) is 1. The fourth-order valence-electron chi connectivity index (χ4n) is 1.14. The van der Waals surface area contributed by atoms with E-state index in [0.29, 0.717) is 0 Å². The molecule has 0 N–H and O–H groups in total. The normalized spacial score (nSPS) is 13.5. The summed E-state index contributed by atoms with van der Waals surface area (Å²) in [4.78, 5) is 0. The van der Waals surface area contributed by atoms with Crippen molar-refractivity contribution < 1.29 is 4.74 Å². The molecule has 0 saturated carbocycles. The van der Waals surface area contributed by atoms with Crippen LogP contribution in [0.2, 0.25) is 0 Å². The SMILES string of the molecule is C/C=C/[C@H](OC)c1ccccc1. The molecule has 0 fully saturated rings. The smallest absolute Gasteiger partial charge is 0.100 e. The fourth-order valence-corrected chi connectivity index (χ4v) is 1.14. The van der Waals surface area contributed by atoms with Gasteiger partial charge >= 0.3 is 0 Å². The van der Waals surface area contributed by atoms with E-state index in [2.05, 4.69) is 12.1 Å². The Bertz CT molecular complexity index is 238. The first-order valence-corrected chi connectivity index (χ1v) is 4.09. The molecule has 0 bridgehead atoms. The number of rotatable bonds is 3. The third-order valence-electron chi connectivity index (χ3n) is 1.75. The predicted octanol–water partition coefficient (Wildman–Crippen LogP) is 2.95. The zero-order chi connectivity index (χ0) is 8.81. The van der Waals surface area contributed by atoms with Crippen LogP contribution in [0.3, 0.4) is 0 Å². The van der Waals surface area contributed by atoms with Gasteiger partial charge in [0.15, 0.2) is 0 Å². The Kier molecular flexibility index (Phi) is 3.55. The molecule has 1 rings (SSSR count). The van der Waals surface area contributed by atoms with E-state index in [4.69, 9.17) is 4.74 Å². The van der Waals surface area contributed by atoms with Gasteiger partial charge in [0.25, 0.3) is 0 Å². The van der Waals surface area contributed by atoms with Crippen molar-refractivity contribution >= 4 is 0 Å². The molecule has 0 heterocycles. The van der Waals surface area contributed by atoms with Gasteiger partial charge in [-0.2, -0.15) is 0 Å². The molecule has 0 amide bonds. The third kappa shape index (κ3) is 2.21. The second kappa shape index (κ2) is 4.73. The summed E-state index contributed by atoms with van der Waals surface area (Å²) in [6.07, 6.45) is 4.13. The maximum absolute atomic E-state index is 5.29. The van der Waals surface area contributed by atoms with Gasteiger partial charge in [-0.1, -0.05) is 42.5 Å². The van der Waals surface area contributed by atoms with Gasteiger partial charge < -0.3 is 4.74 Å². The molecular weight excluding hydrogens is 148 g/mol. The minimum Gasteiger partial charge on any atom is -0.373 e. The number of ether oxygens (including phenoxy) is 1. The van der Waals surface area contributed by atoms with E-state index < -0.39 is 0 Å². The van der Waals surface area contributed by atoms with Crippen LogP contribution >= 0.6 is 0 Å². The highest BCUT2D eigenvalue weighted by molar-refractivity contribution is 5.21. The van der Waals surface area contributed by atoms with E-state index in [1.807, 2.05) is 37.3 Å². The van der Waals surface area contributed by atoms with Crippen molar-refractivity contribution in [1.82, 2.24) is 0 Å². The van der Waals surface area contributed by atoms with Crippen molar-refractivity contribution in [2.45, 2.75) is 13.0 Å². The summed E-state index contributed by atoms with van der Waals surface area (Å²) >= 11 is 0. The van der Waals surface area contributed by atoms with Crippen LogP contribution < -0.4 is 0 Å². The molecular formula is C11H14O. The zero-order valence-electron chi connectivity index (χ0n) is 7.53. The lowest BCUT2D eigenvalue weighted by Crippen LogP contribution is -1.96. The van der Waals surface area contributed by atoms with Gasteiger partial charge in [0.2, 0.25) is 0 Å². The molecule has 1 aromatic carbocycles. The molecule has 0 radical (unpaired) electrons. The van der Waals surface area contributed by atoms with Crippen molar-refractivity contribution in [3.63, 3.8) is 0 Å². The maximum Gasteiger partial charge on any atom is 0.100 e. The molecule has 0 aliphatic carbocycles. The quantitative estimate of drug-likeness (QED) is 0.621. The molecule has 1 nitrogen and oxygen atoms in total. The van der Waals surface area contributed by atoms with Crippen LogP contribution in [-0.4, -0.2) is 7.11 Å². The summed E-state index contributed by atoms with van der Waals surface area (Å²) in [5.74, 6) is 0. The topological polar surface area (TPSA) is 9.23 Å². The summed E-state index contributed by atoms with van der Waals surface area (Å²) in [6.45, 7) is 2.00. The molecule has 0 saturated heterocycles. The number of allylic oxidation sites excluding steroid dienone is 1. The van der Waals surface area contributed by atoms with Crippen molar-refractivity contribution in [3.05, 3.63) is 48.0 Å². The average Bonchev–Trinajstić information content (AvgIpc) is 2.15. The third-order valence-corrected chi connectivity index (χ3v) is 1.75. The minimum atomic E-state index is 0.0937. The summed E-state index contributed by atoms with van der Waals surface area (Å²) in [6, 6.07) is 10.2. The zero-order valence-corrected chi connectivity index (χ0v) is 7.53. The molecule has 64 valence electrons. The number of hydrogen-bond donors (Lipinski definition) is 0. The van der Waals surface area contributed by atoms with Crippen LogP contribution in [0, 0.1) is 0 Å². The van der Waals surface area contributed by atoms with Crippen molar-refractivity contribution in [2.24, 2.45) is 0 Å². The van der Waals surface area contributed by atoms with Gasteiger partial charge in [0, 0.05) is 7.11 Å². The van der Waals surface area contributed by atoms with Crippen LogP contribution in [0.5, 0.6) is 0 Å². The first kappa shape index (κ1) is 9.01. The molecule has 12 heavy (non-hydrogen) atoms. The lowest BCUT2D eigenvalue weighted by atomic mass is 10.1. The summed E-state index contributed by atoms with van der Waals surface area (Å²) in [7, 11) is 1.72. The second-order valence-electron chi connectivity index (χ2n) is 2.59.